The van der Waals surface area contributed by atoms with Crippen LogP contribution in [0.15, 0.2) is 17.1 Å². The fourth-order valence-electron chi connectivity index (χ4n) is 1.50. The van der Waals surface area contributed by atoms with Gasteiger partial charge in [-0.15, -0.1) is 22.9 Å². The zero-order valence-electron chi connectivity index (χ0n) is 10.2. The van der Waals surface area contributed by atoms with Gasteiger partial charge in [-0.2, -0.15) is 4.99 Å². The lowest BCUT2D eigenvalue weighted by Crippen LogP contribution is -2.05. The van der Waals surface area contributed by atoms with Gasteiger partial charge in [0.2, 0.25) is 0 Å². The number of aliphatic imine (C=N–C) groups is 1. The first-order chi connectivity index (χ1) is 8.45. The minimum atomic E-state index is -0.482. The Hall–Kier alpha value is -1.00. The Balaban J connectivity index is 2.67. The average molecular weight is 299 g/mol. The van der Waals surface area contributed by atoms with E-state index >= 15 is 0 Å². The summed E-state index contributed by atoms with van der Waals surface area (Å²) in [5, 5.41) is 3.21. The second-order valence-electron chi connectivity index (χ2n) is 4.19. The number of methoxy groups -OCH3 is 1. The smallest absolute Gasteiger partial charge is 0.147 e. The molecule has 0 unspecified atom stereocenters. The lowest BCUT2D eigenvalue weighted by molar-refractivity contribution is 0.417. The summed E-state index contributed by atoms with van der Waals surface area (Å²) in [6.45, 7) is 3.83. The number of ether oxygens (including phenoxy) is 1. The highest BCUT2D eigenvalue weighted by Crippen LogP contribution is 2.39. The van der Waals surface area contributed by atoms with Gasteiger partial charge in [0.05, 0.1) is 27.4 Å². The van der Waals surface area contributed by atoms with Crippen LogP contribution in [0.3, 0.4) is 0 Å². The van der Waals surface area contributed by atoms with Crippen LogP contribution in [-0.4, -0.2) is 17.3 Å². The van der Waals surface area contributed by atoms with E-state index in [2.05, 4.69) is 27.4 Å². The molecule has 3 nitrogen and oxygen atoms in total. The van der Waals surface area contributed by atoms with Gasteiger partial charge in [0, 0.05) is 6.07 Å². The molecule has 0 spiro atoms. The highest BCUT2D eigenvalue weighted by Gasteiger charge is 2.22. The second kappa shape index (κ2) is 4.94. The van der Waals surface area contributed by atoms with E-state index in [9.17, 15) is 0 Å². The van der Waals surface area contributed by atoms with E-state index in [0.717, 1.165) is 15.2 Å². The summed E-state index contributed by atoms with van der Waals surface area (Å²) < 4.78 is 6.26. The normalized spacial score (nSPS) is 11.3. The fourth-order valence-corrected chi connectivity index (χ4v) is 2.73. The predicted octanol–water partition coefficient (Wildman–Crippen LogP) is 4.51. The van der Waals surface area contributed by atoms with E-state index in [0.29, 0.717) is 11.4 Å². The van der Waals surface area contributed by atoms with E-state index in [1.807, 2.05) is 26.0 Å². The third-order valence-corrected chi connectivity index (χ3v) is 4.09. The van der Waals surface area contributed by atoms with Crippen LogP contribution in [0.25, 0.3) is 10.2 Å². The highest BCUT2D eigenvalue weighted by molar-refractivity contribution is 7.78. The number of benzene rings is 1. The maximum Gasteiger partial charge on any atom is 0.147 e. The number of rotatable bonds is 3. The Kier molecular flexibility index (Phi) is 3.69. The molecule has 94 valence electrons. The molecule has 0 atom stereocenters. The SMILES string of the molecule is COc1cc2nc(C(C)(C)Cl)sc2cc1N=C=S. The van der Waals surface area contributed by atoms with Gasteiger partial charge in [-0.3, -0.25) is 0 Å². The Morgan fingerprint density at radius 3 is 2.78 bits per heavy atom. The Labute approximate surface area is 119 Å². The van der Waals surface area contributed by atoms with Crippen LogP contribution in [0.1, 0.15) is 18.9 Å². The molecule has 0 fully saturated rings. The molecule has 0 saturated carbocycles. The van der Waals surface area contributed by atoms with E-state index < -0.39 is 4.87 Å². The summed E-state index contributed by atoms with van der Waals surface area (Å²) in [5.74, 6) is 0.629. The first-order valence-electron chi connectivity index (χ1n) is 5.21. The van der Waals surface area contributed by atoms with Crippen LogP contribution < -0.4 is 4.74 Å². The lowest BCUT2D eigenvalue weighted by Gasteiger charge is -2.10. The molecule has 0 aliphatic heterocycles. The maximum absolute atomic E-state index is 6.27. The summed E-state index contributed by atoms with van der Waals surface area (Å²) in [6, 6.07) is 3.72. The first-order valence-corrected chi connectivity index (χ1v) is 6.82. The molecule has 1 aromatic carbocycles. The zero-order chi connectivity index (χ0) is 13.3. The standard InChI is InChI=1S/C12H11ClN2OS2/c1-12(2,13)11-15-8-4-9(16-3)7(14-6-17)5-10(8)18-11/h4-5H,1-3H3. The Morgan fingerprint density at radius 2 is 2.22 bits per heavy atom. The van der Waals surface area contributed by atoms with Crippen molar-refractivity contribution in [3.8, 4) is 5.75 Å². The number of isothiocyanates is 1. The second-order valence-corrected chi connectivity index (χ2v) is 6.34. The van der Waals surface area contributed by atoms with Gasteiger partial charge in [-0.1, -0.05) is 0 Å². The van der Waals surface area contributed by atoms with E-state index in [1.165, 1.54) is 0 Å². The molecule has 1 aromatic heterocycles. The maximum atomic E-state index is 6.27. The van der Waals surface area contributed by atoms with Crippen LogP contribution in [0, 0.1) is 0 Å². The number of halogens is 1. The lowest BCUT2D eigenvalue weighted by atomic mass is 10.2. The average Bonchev–Trinajstić information content (AvgIpc) is 2.70. The Morgan fingerprint density at radius 1 is 1.50 bits per heavy atom. The van der Waals surface area contributed by atoms with Gasteiger partial charge >= 0.3 is 0 Å². The number of fused-ring (bicyclic) bond motifs is 1. The molecule has 18 heavy (non-hydrogen) atoms. The van der Waals surface area contributed by atoms with Crippen molar-refractivity contribution in [2.45, 2.75) is 18.7 Å². The Bertz CT molecular complexity index is 639. The number of hydrogen-bond donors (Lipinski definition) is 0. The van der Waals surface area contributed by atoms with Gasteiger partial charge in [0.1, 0.15) is 16.4 Å². The van der Waals surface area contributed by atoms with Gasteiger partial charge < -0.3 is 4.74 Å². The van der Waals surface area contributed by atoms with E-state index in [4.69, 9.17) is 16.3 Å². The molecule has 0 radical (unpaired) electrons. The number of nitrogens with zero attached hydrogens (tertiary/aromatic N) is 2. The van der Waals surface area contributed by atoms with E-state index in [-0.39, 0.29) is 0 Å². The molecule has 1 heterocycles. The van der Waals surface area contributed by atoms with Crippen molar-refractivity contribution >= 4 is 56.2 Å². The molecule has 2 aromatic rings. The van der Waals surface area contributed by atoms with Crippen LogP contribution in [0.2, 0.25) is 0 Å². The molecule has 6 heteroatoms. The number of thiazole rings is 1. The van der Waals surface area contributed by atoms with Crippen molar-refractivity contribution in [3.05, 3.63) is 17.1 Å². The quantitative estimate of drug-likeness (QED) is 0.475. The molecular formula is C12H11ClN2OS2. The van der Waals surface area contributed by atoms with Crippen LogP contribution in [-0.2, 0) is 4.87 Å². The third-order valence-electron chi connectivity index (χ3n) is 2.36. The van der Waals surface area contributed by atoms with Crippen molar-refractivity contribution in [1.82, 2.24) is 4.98 Å². The molecule has 0 saturated heterocycles. The summed E-state index contributed by atoms with van der Waals surface area (Å²) in [7, 11) is 1.59. The van der Waals surface area contributed by atoms with Crippen LogP contribution in [0.5, 0.6) is 5.75 Å². The van der Waals surface area contributed by atoms with Gasteiger partial charge in [-0.25, -0.2) is 4.98 Å². The first kappa shape index (κ1) is 13.4. The van der Waals surface area contributed by atoms with E-state index in [1.54, 1.807) is 18.4 Å². The van der Waals surface area contributed by atoms with Crippen LogP contribution in [0.4, 0.5) is 5.69 Å². The minimum absolute atomic E-state index is 0.482. The number of hydrogen-bond acceptors (Lipinski definition) is 5. The van der Waals surface area contributed by atoms with Gasteiger partial charge in [-0.05, 0) is 32.1 Å². The number of alkyl halides is 1. The topological polar surface area (TPSA) is 34.5 Å². The van der Waals surface area contributed by atoms with Gasteiger partial charge in [0.25, 0.3) is 0 Å². The summed E-state index contributed by atoms with van der Waals surface area (Å²) in [6.07, 6.45) is 0. The molecule has 0 N–H and O–H groups in total. The molecule has 0 aliphatic carbocycles. The molecule has 0 aliphatic rings. The van der Waals surface area contributed by atoms with Gasteiger partial charge in [0.15, 0.2) is 0 Å². The van der Waals surface area contributed by atoms with Crippen molar-refractivity contribution in [1.29, 1.82) is 0 Å². The molecule has 0 amide bonds. The predicted molar refractivity (Wildman–Crippen MR) is 79.7 cm³/mol. The zero-order valence-corrected chi connectivity index (χ0v) is 12.5. The summed E-state index contributed by atoms with van der Waals surface area (Å²) in [4.78, 5) is 8.02. The minimum Gasteiger partial charge on any atom is -0.494 e. The van der Waals surface area contributed by atoms with Crippen LogP contribution >= 0.6 is 35.2 Å². The third kappa shape index (κ3) is 2.54. The van der Waals surface area contributed by atoms with Crippen molar-refractivity contribution < 1.29 is 4.74 Å². The molecular weight excluding hydrogens is 288 g/mol. The monoisotopic (exact) mass is 298 g/mol. The fraction of sp³-hybridized carbons (Fsp3) is 0.333. The van der Waals surface area contributed by atoms with Crippen molar-refractivity contribution in [3.63, 3.8) is 0 Å². The number of aromatic nitrogens is 1. The summed E-state index contributed by atoms with van der Waals surface area (Å²) in [5.41, 5.74) is 1.51. The summed E-state index contributed by atoms with van der Waals surface area (Å²) >= 11 is 12.4. The molecule has 0 bridgehead atoms. The van der Waals surface area contributed by atoms with Crippen molar-refractivity contribution in [2.75, 3.05) is 7.11 Å². The molecule has 2 rings (SSSR count). The van der Waals surface area contributed by atoms with Crippen molar-refractivity contribution in [2.24, 2.45) is 4.99 Å². The highest BCUT2D eigenvalue weighted by atomic mass is 35.5. The number of thiocarbonyl (C=S) groups is 1. The largest absolute Gasteiger partial charge is 0.494 e.